The van der Waals surface area contributed by atoms with Gasteiger partial charge in [-0.25, -0.2) is 9.48 Å². The Labute approximate surface area is 131 Å². The highest BCUT2D eigenvalue weighted by Gasteiger charge is 2.20. The van der Waals surface area contributed by atoms with Crippen molar-refractivity contribution in [3.8, 4) is 5.75 Å². The first-order valence-corrected chi connectivity index (χ1v) is 7.60. The molecular weight excluding hydrogens is 338 g/mol. The molecule has 112 valence electrons. The first kappa shape index (κ1) is 15.5. The summed E-state index contributed by atoms with van der Waals surface area (Å²) in [5, 5.41) is 8.49. The molecule has 0 fully saturated rings. The first-order valence-electron chi connectivity index (χ1n) is 6.48. The first-order chi connectivity index (χ1) is 10.2. The van der Waals surface area contributed by atoms with E-state index in [9.17, 15) is 4.79 Å². The van der Waals surface area contributed by atoms with Crippen molar-refractivity contribution in [2.24, 2.45) is 0 Å². The summed E-state index contributed by atoms with van der Waals surface area (Å²) >= 11 is 3.31. The maximum atomic E-state index is 12.0. The van der Waals surface area contributed by atoms with Gasteiger partial charge in [-0.2, -0.15) is 0 Å². The quantitative estimate of drug-likeness (QED) is 0.589. The zero-order valence-electron chi connectivity index (χ0n) is 11.9. The largest absolute Gasteiger partial charge is 0.497 e. The molecule has 0 aliphatic carbocycles. The summed E-state index contributed by atoms with van der Waals surface area (Å²) in [5.74, 6) is 0.370. The summed E-state index contributed by atoms with van der Waals surface area (Å²) in [6.45, 7) is 2.52. The fourth-order valence-corrected chi connectivity index (χ4v) is 2.25. The molecule has 0 spiro atoms. The molecule has 1 heterocycles. The van der Waals surface area contributed by atoms with Gasteiger partial charge in [-0.15, -0.1) is 5.10 Å². The van der Waals surface area contributed by atoms with Crippen molar-refractivity contribution in [1.82, 2.24) is 15.0 Å². The molecule has 21 heavy (non-hydrogen) atoms. The Morgan fingerprint density at radius 2 is 2.05 bits per heavy atom. The Morgan fingerprint density at radius 3 is 2.62 bits per heavy atom. The topological polar surface area (TPSA) is 66.2 Å². The highest BCUT2D eigenvalue weighted by molar-refractivity contribution is 9.08. The monoisotopic (exact) mass is 353 g/mol. The summed E-state index contributed by atoms with van der Waals surface area (Å²) in [6.07, 6.45) is 0. The molecule has 0 saturated carbocycles. The predicted octanol–water partition coefficient (Wildman–Crippen LogP) is 2.41. The van der Waals surface area contributed by atoms with Crippen molar-refractivity contribution in [3.63, 3.8) is 0 Å². The fraction of sp³-hybridized carbons (Fsp3) is 0.357. The maximum absolute atomic E-state index is 12.0. The Balaban J connectivity index is 2.26. The number of nitrogens with zero attached hydrogens (tertiary/aromatic N) is 3. The van der Waals surface area contributed by atoms with E-state index in [2.05, 4.69) is 26.2 Å². The van der Waals surface area contributed by atoms with E-state index in [1.807, 2.05) is 24.3 Å². The molecule has 2 aromatic rings. The average molecular weight is 354 g/mol. The van der Waals surface area contributed by atoms with Gasteiger partial charge in [0.05, 0.1) is 25.6 Å². The number of hydrogen-bond donors (Lipinski definition) is 0. The highest BCUT2D eigenvalue weighted by Crippen LogP contribution is 2.15. The number of aromatic nitrogens is 3. The molecule has 0 saturated heterocycles. The lowest BCUT2D eigenvalue weighted by Crippen LogP contribution is -2.15. The van der Waals surface area contributed by atoms with Crippen LogP contribution in [0.25, 0.3) is 0 Å². The molecule has 0 aliphatic heterocycles. The van der Waals surface area contributed by atoms with Gasteiger partial charge in [0, 0.05) is 0 Å². The molecule has 0 bridgehead atoms. The van der Waals surface area contributed by atoms with Crippen LogP contribution in [0.1, 0.15) is 28.7 Å². The van der Waals surface area contributed by atoms with E-state index in [0.29, 0.717) is 29.9 Å². The lowest BCUT2D eigenvalue weighted by atomic mass is 10.2. The normalized spacial score (nSPS) is 10.4. The molecule has 6 nitrogen and oxygen atoms in total. The van der Waals surface area contributed by atoms with Gasteiger partial charge < -0.3 is 9.47 Å². The Kier molecular flexibility index (Phi) is 5.32. The second-order valence-electron chi connectivity index (χ2n) is 4.24. The predicted molar refractivity (Wildman–Crippen MR) is 80.7 cm³/mol. The molecule has 0 amide bonds. The SMILES string of the molecule is CCOC(=O)c1c(CBr)nnn1Cc1ccc(OC)cc1. The number of ether oxygens (including phenoxy) is 2. The Bertz CT molecular complexity index is 610. The van der Waals surface area contributed by atoms with Crippen LogP contribution in [-0.4, -0.2) is 34.7 Å². The number of methoxy groups -OCH3 is 1. The highest BCUT2D eigenvalue weighted by atomic mass is 79.9. The smallest absolute Gasteiger partial charge is 0.358 e. The van der Waals surface area contributed by atoms with Crippen LogP contribution in [0.4, 0.5) is 0 Å². The summed E-state index contributed by atoms with van der Waals surface area (Å²) in [6, 6.07) is 7.57. The molecule has 0 radical (unpaired) electrons. The van der Waals surface area contributed by atoms with E-state index < -0.39 is 5.97 Å². The summed E-state index contributed by atoms with van der Waals surface area (Å²) in [4.78, 5) is 12.0. The van der Waals surface area contributed by atoms with Crippen molar-refractivity contribution < 1.29 is 14.3 Å². The standard InChI is InChI=1S/C14H16BrN3O3/c1-3-21-14(19)13-12(8-15)16-17-18(13)9-10-4-6-11(20-2)7-5-10/h4-7H,3,8-9H2,1-2H3. The number of benzene rings is 1. The lowest BCUT2D eigenvalue weighted by molar-refractivity contribution is 0.0511. The van der Waals surface area contributed by atoms with Gasteiger partial charge in [-0.05, 0) is 24.6 Å². The number of hydrogen-bond acceptors (Lipinski definition) is 5. The van der Waals surface area contributed by atoms with Gasteiger partial charge in [0.2, 0.25) is 0 Å². The molecule has 0 aliphatic rings. The molecule has 0 unspecified atom stereocenters. The zero-order valence-corrected chi connectivity index (χ0v) is 13.5. The van der Waals surface area contributed by atoms with Crippen LogP contribution in [-0.2, 0) is 16.6 Å². The second-order valence-corrected chi connectivity index (χ2v) is 4.81. The van der Waals surface area contributed by atoms with Crippen molar-refractivity contribution in [1.29, 1.82) is 0 Å². The van der Waals surface area contributed by atoms with Crippen LogP contribution in [0.5, 0.6) is 5.75 Å². The Morgan fingerprint density at radius 1 is 1.33 bits per heavy atom. The van der Waals surface area contributed by atoms with Gasteiger partial charge in [0.15, 0.2) is 5.69 Å². The number of halogens is 1. The van der Waals surface area contributed by atoms with Crippen LogP contribution in [0.2, 0.25) is 0 Å². The van der Waals surface area contributed by atoms with Crippen molar-refractivity contribution in [2.75, 3.05) is 13.7 Å². The number of rotatable bonds is 6. The van der Waals surface area contributed by atoms with Crippen LogP contribution < -0.4 is 4.74 Å². The summed E-state index contributed by atoms with van der Waals surface area (Å²) in [5.41, 5.74) is 1.94. The molecule has 2 rings (SSSR count). The zero-order chi connectivity index (χ0) is 15.2. The average Bonchev–Trinajstić information content (AvgIpc) is 2.91. The summed E-state index contributed by atoms with van der Waals surface area (Å²) in [7, 11) is 1.62. The minimum atomic E-state index is -0.412. The third-order valence-electron chi connectivity index (χ3n) is 2.89. The number of esters is 1. The van der Waals surface area contributed by atoms with E-state index in [0.717, 1.165) is 11.3 Å². The summed E-state index contributed by atoms with van der Waals surface area (Å²) < 4.78 is 11.7. The van der Waals surface area contributed by atoms with E-state index in [1.165, 1.54) is 0 Å². The molecule has 1 aromatic heterocycles. The van der Waals surface area contributed by atoms with Crippen LogP contribution in [0.3, 0.4) is 0 Å². The molecule has 0 N–H and O–H groups in total. The van der Waals surface area contributed by atoms with Gasteiger partial charge >= 0.3 is 5.97 Å². The number of carbonyl (C=O) groups is 1. The lowest BCUT2D eigenvalue weighted by Gasteiger charge is -2.07. The van der Waals surface area contributed by atoms with Gasteiger partial charge in [0.25, 0.3) is 0 Å². The maximum Gasteiger partial charge on any atom is 0.358 e. The van der Waals surface area contributed by atoms with Gasteiger partial charge in [-0.1, -0.05) is 33.3 Å². The third kappa shape index (κ3) is 3.60. The van der Waals surface area contributed by atoms with E-state index in [4.69, 9.17) is 9.47 Å². The molecule has 0 atom stereocenters. The van der Waals surface area contributed by atoms with Gasteiger partial charge in [-0.3, -0.25) is 0 Å². The third-order valence-corrected chi connectivity index (χ3v) is 3.42. The van der Waals surface area contributed by atoms with E-state index in [1.54, 1.807) is 18.7 Å². The van der Waals surface area contributed by atoms with Crippen molar-refractivity contribution in [3.05, 3.63) is 41.2 Å². The second kappa shape index (κ2) is 7.21. The fourth-order valence-electron chi connectivity index (χ4n) is 1.88. The van der Waals surface area contributed by atoms with E-state index in [-0.39, 0.29) is 0 Å². The van der Waals surface area contributed by atoms with Crippen LogP contribution in [0.15, 0.2) is 24.3 Å². The molecular formula is C14H16BrN3O3. The van der Waals surface area contributed by atoms with Crippen molar-refractivity contribution >= 4 is 21.9 Å². The molecule has 1 aromatic carbocycles. The van der Waals surface area contributed by atoms with Gasteiger partial charge in [0.1, 0.15) is 11.4 Å². The Hall–Kier alpha value is -1.89. The molecule has 7 heteroatoms. The van der Waals surface area contributed by atoms with E-state index >= 15 is 0 Å². The number of carbonyl (C=O) groups excluding carboxylic acids is 1. The van der Waals surface area contributed by atoms with Crippen molar-refractivity contribution in [2.45, 2.75) is 18.8 Å². The van der Waals surface area contributed by atoms with Crippen LogP contribution >= 0.6 is 15.9 Å². The minimum absolute atomic E-state index is 0.314. The number of alkyl halides is 1. The van der Waals surface area contributed by atoms with Crippen LogP contribution in [0, 0.1) is 0 Å². The minimum Gasteiger partial charge on any atom is -0.497 e.